The van der Waals surface area contributed by atoms with Crippen molar-refractivity contribution in [1.29, 1.82) is 0 Å². The lowest BCUT2D eigenvalue weighted by Gasteiger charge is -2.48. The van der Waals surface area contributed by atoms with Gasteiger partial charge in [-0.2, -0.15) is 4.31 Å². The third kappa shape index (κ3) is 4.44. The summed E-state index contributed by atoms with van der Waals surface area (Å²) in [6.45, 7) is 2.85. The molecule has 1 spiro atoms. The van der Waals surface area contributed by atoms with Crippen LogP contribution in [0.2, 0.25) is 0 Å². The number of fused-ring (bicyclic) bond motifs is 3. The van der Waals surface area contributed by atoms with Crippen LogP contribution in [0.15, 0.2) is 59.5 Å². The number of aromatic nitrogens is 1. The molecular weight excluding hydrogens is 470 g/mol. The Kier molecular flexibility index (Phi) is 5.90. The first-order chi connectivity index (χ1) is 16.7. The summed E-state index contributed by atoms with van der Waals surface area (Å²) in [7, 11) is -3.32. The fraction of sp³-hybridized carbons (Fsp3) is 0.360. The van der Waals surface area contributed by atoms with E-state index < -0.39 is 21.7 Å². The Balaban J connectivity index is 1.42. The second kappa shape index (κ2) is 8.78. The zero-order chi connectivity index (χ0) is 24.8. The third-order valence-electron chi connectivity index (χ3n) is 7.21. The van der Waals surface area contributed by atoms with Crippen LogP contribution in [0.5, 0.6) is 5.75 Å². The molecule has 4 heterocycles. The molecule has 0 unspecified atom stereocenters. The van der Waals surface area contributed by atoms with Crippen LogP contribution in [0, 0.1) is 0 Å². The number of benzene rings is 1. The van der Waals surface area contributed by atoms with E-state index in [-0.39, 0.29) is 11.2 Å². The number of hydrogen-bond donors (Lipinski definition) is 1. The first-order valence-electron chi connectivity index (χ1n) is 11.5. The maximum absolute atomic E-state index is 12.6. The molecule has 35 heavy (non-hydrogen) atoms. The maximum atomic E-state index is 12.6. The Morgan fingerprint density at radius 3 is 2.54 bits per heavy atom. The Morgan fingerprint density at radius 2 is 1.83 bits per heavy atom. The first kappa shape index (κ1) is 23.5. The van der Waals surface area contributed by atoms with Crippen LogP contribution < -0.4 is 10.3 Å². The van der Waals surface area contributed by atoms with Gasteiger partial charge in [0.1, 0.15) is 0 Å². The molecule has 0 saturated carbocycles. The Hall–Kier alpha value is -3.21. The van der Waals surface area contributed by atoms with Gasteiger partial charge in [0.15, 0.2) is 5.75 Å². The van der Waals surface area contributed by atoms with E-state index in [4.69, 9.17) is 9.84 Å². The van der Waals surface area contributed by atoms with Gasteiger partial charge in [0.05, 0.1) is 11.8 Å². The highest BCUT2D eigenvalue weighted by Gasteiger charge is 2.43. The molecule has 0 atom stereocenters. The molecule has 1 fully saturated rings. The van der Waals surface area contributed by atoms with E-state index in [2.05, 4.69) is 11.0 Å². The van der Waals surface area contributed by atoms with Gasteiger partial charge >= 0.3 is 6.16 Å². The van der Waals surface area contributed by atoms with Crippen molar-refractivity contribution in [1.82, 2.24) is 13.6 Å². The minimum absolute atomic E-state index is 0.227. The van der Waals surface area contributed by atoms with Gasteiger partial charge in [0.25, 0.3) is 5.56 Å². The number of nitrogens with zero attached hydrogens (tertiary/aromatic N) is 3. The second-order valence-electron chi connectivity index (χ2n) is 9.41. The average Bonchev–Trinajstić information content (AvgIpc) is 2.83. The molecule has 5 rings (SSSR count). The van der Waals surface area contributed by atoms with Gasteiger partial charge in [-0.15, -0.1) is 0 Å². The number of rotatable bonds is 4. The summed E-state index contributed by atoms with van der Waals surface area (Å²) in [5.74, 6) is -0.227. The molecule has 0 amide bonds. The van der Waals surface area contributed by atoms with E-state index in [1.165, 1.54) is 22.3 Å². The van der Waals surface area contributed by atoms with Crippen molar-refractivity contribution in [3.63, 3.8) is 0 Å². The van der Waals surface area contributed by atoms with Gasteiger partial charge in [-0.05, 0) is 60.8 Å². The SMILES string of the molecule is CS(=O)(=O)N1Cc2ccccc2C2(CCN(Cc3cc(OC(=O)O)c(=O)n4ccccc34)CC2)C1. The van der Waals surface area contributed by atoms with E-state index in [0.29, 0.717) is 25.2 Å². The number of carbonyl (C=O) groups is 1. The van der Waals surface area contributed by atoms with E-state index in [1.54, 1.807) is 16.6 Å². The third-order valence-corrected chi connectivity index (χ3v) is 8.41. The highest BCUT2D eigenvalue weighted by Crippen LogP contribution is 2.42. The second-order valence-corrected chi connectivity index (χ2v) is 11.4. The summed E-state index contributed by atoms with van der Waals surface area (Å²) >= 11 is 0. The molecule has 1 saturated heterocycles. The summed E-state index contributed by atoms with van der Waals surface area (Å²) in [5, 5.41) is 9.05. The number of piperidine rings is 1. The van der Waals surface area contributed by atoms with E-state index in [0.717, 1.165) is 37.1 Å². The fourth-order valence-corrected chi connectivity index (χ4v) is 6.33. The lowest BCUT2D eigenvalue weighted by molar-refractivity contribution is 0.124. The summed E-state index contributed by atoms with van der Waals surface area (Å²) < 4.78 is 32.6. The predicted octanol–water partition coefficient (Wildman–Crippen LogP) is 2.67. The van der Waals surface area contributed by atoms with E-state index in [1.807, 2.05) is 30.3 Å². The molecule has 1 N–H and O–H groups in total. The van der Waals surface area contributed by atoms with Crippen LogP contribution in [0.3, 0.4) is 0 Å². The van der Waals surface area contributed by atoms with Gasteiger partial charge < -0.3 is 9.84 Å². The first-order valence-corrected chi connectivity index (χ1v) is 13.3. The number of ether oxygens (including phenoxy) is 1. The number of carboxylic acid groups (broad SMARTS) is 1. The van der Waals surface area contributed by atoms with Crippen LogP contribution >= 0.6 is 0 Å². The van der Waals surface area contributed by atoms with Crippen LogP contribution in [-0.4, -0.2) is 59.2 Å². The minimum atomic E-state index is -3.32. The van der Waals surface area contributed by atoms with E-state index in [9.17, 15) is 18.0 Å². The van der Waals surface area contributed by atoms with Crippen molar-refractivity contribution in [2.75, 3.05) is 25.9 Å². The standard InChI is InChI=1S/C25H27N3O6S/c1-35(32,33)27-16-18-6-2-3-7-20(18)25(17-27)9-12-26(13-10-25)15-19-14-22(34-24(30)31)23(29)28-11-5-4-8-21(19)28/h2-8,11,14H,9-10,12-13,15-17H2,1H3,(H,30,31). The molecule has 9 nitrogen and oxygen atoms in total. The van der Waals surface area contributed by atoms with Crippen molar-refractivity contribution in [3.8, 4) is 5.75 Å². The summed E-state index contributed by atoms with van der Waals surface area (Å²) in [6, 6.07) is 15.0. The van der Waals surface area contributed by atoms with Gasteiger partial charge in [-0.1, -0.05) is 30.3 Å². The molecule has 1 aromatic carbocycles. The number of pyridine rings is 2. The molecule has 0 bridgehead atoms. The summed E-state index contributed by atoms with van der Waals surface area (Å²) in [5.41, 5.74) is 3.00. The monoisotopic (exact) mass is 497 g/mol. The lowest BCUT2D eigenvalue weighted by Crippen LogP contribution is -2.52. The molecular formula is C25H27N3O6S. The predicted molar refractivity (Wildman–Crippen MR) is 130 cm³/mol. The maximum Gasteiger partial charge on any atom is 0.511 e. The van der Waals surface area contributed by atoms with Crippen LogP contribution in [0.4, 0.5) is 4.79 Å². The Bertz CT molecular complexity index is 1460. The molecule has 0 radical (unpaired) electrons. The van der Waals surface area contributed by atoms with Crippen molar-refractivity contribution < 1.29 is 23.1 Å². The molecule has 3 aromatic rings. The van der Waals surface area contributed by atoms with Crippen LogP contribution in [0.25, 0.3) is 5.52 Å². The van der Waals surface area contributed by atoms with Crippen LogP contribution in [-0.2, 0) is 28.5 Å². The summed E-state index contributed by atoms with van der Waals surface area (Å²) in [4.78, 5) is 26.0. The molecule has 2 aliphatic rings. The number of likely N-dealkylation sites (tertiary alicyclic amines) is 1. The molecule has 184 valence electrons. The Morgan fingerprint density at radius 1 is 1.11 bits per heavy atom. The largest absolute Gasteiger partial charge is 0.511 e. The zero-order valence-corrected chi connectivity index (χ0v) is 20.2. The van der Waals surface area contributed by atoms with E-state index >= 15 is 0 Å². The van der Waals surface area contributed by atoms with Gasteiger partial charge in [-0.25, -0.2) is 13.2 Å². The average molecular weight is 498 g/mol. The van der Waals surface area contributed by atoms with Gasteiger partial charge in [-0.3, -0.25) is 14.1 Å². The number of hydrogen-bond acceptors (Lipinski definition) is 6. The molecule has 0 aliphatic carbocycles. The molecule has 10 heteroatoms. The molecule has 2 aromatic heterocycles. The zero-order valence-electron chi connectivity index (χ0n) is 19.4. The lowest BCUT2D eigenvalue weighted by atomic mass is 9.69. The van der Waals surface area contributed by atoms with Gasteiger partial charge in [0.2, 0.25) is 10.0 Å². The smallest absolute Gasteiger partial charge is 0.449 e. The molecule has 2 aliphatic heterocycles. The number of sulfonamides is 1. The normalized spacial score (nSPS) is 18.4. The van der Waals surface area contributed by atoms with Crippen molar-refractivity contribution >= 4 is 21.7 Å². The van der Waals surface area contributed by atoms with Crippen molar-refractivity contribution in [3.05, 3.63) is 81.8 Å². The van der Waals surface area contributed by atoms with Gasteiger partial charge in [0, 0.05) is 31.2 Å². The topological polar surface area (TPSA) is 109 Å². The summed E-state index contributed by atoms with van der Waals surface area (Å²) in [6.07, 6.45) is 2.91. The highest BCUT2D eigenvalue weighted by atomic mass is 32.2. The van der Waals surface area contributed by atoms with Crippen molar-refractivity contribution in [2.45, 2.75) is 31.3 Å². The van der Waals surface area contributed by atoms with Crippen LogP contribution in [0.1, 0.15) is 29.5 Å². The Labute approximate surface area is 203 Å². The minimum Gasteiger partial charge on any atom is -0.449 e. The quantitative estimate of drug-likeness (QED) is 0.552. The highest BCUT2D eigenvalue weighted by molar-refractivity contribution is 7.88. The fourth-order valence-electron chi connectivity index (χ4n) is 5.47. The van der Waals surface area contributed by atoms with Crippen molar-refractivity contribution in [2.24, 2.45) is 0 Å².